The average Bonchev–Trinajstić information content (AvgIpc) is 2.73. The summed E-state index contributed by atoms with van der Waals surface area (Å²) in [5.41, 5.74) is 1.32. The highest BCUT2D eigenvalue weighted by molar-refractivity contribution is 7.16. The van der Waals surface area contributed by atoms with Crippen LogP contribution in [0.1, 0.15) is 10.4 Å². The van der Waals surface area contributed by atoms with Gasteiger partial charge in [-0.15, -0.1) is 11.3 Å². The minimum Gasteiger partial charge on any atom is -0.379 e. The topological polar surface area (TPSA) is 35.8 Å². The molecule has 2 aromatic rings. The summed E-state index contributed by atoms with van der Waals surface area (Å²) in [6.45, 7) is 0.631. The lowest BCUT2D eigenvalue weighted by molar-refractivity contribution is 1.19. The van der Waals surface area contributed by atoms with Crippen molar-refractivity contribution in [1.29, 1.82) is 5.26 Å². The maximum atomic E-state index is 8.96. The van der Waals surface area contributed by atoms with E-state index in [2.05, 4.69) is 11.4 Å². The van der Waals surface area contributed by atoms with E-state index in [1.54, 1.807) is 18.2 Å². The van der Waals surface area contributed by atoms with Gasteiger partial charge in [-0.3, -0.25) is 0 Å². The van der Waals surface area contributed by atoms with E-state index in [1.807, 2.05) is 12.1 Å². The first-order valence-corrected chi connectivity index (χ1v) is 6.44. The zero-order valence-corrected chi connectivity index (χ0v) is 11.0. The minimum atomic E-state index is 0.581. The van der Waals surface area contributed by atoms with Crippen LogP contribution in [0.25, 0.3) is 0 Å². The van der Waals surface area contributed by atoms with E-state index in [9.17, 15) is 0 Å². The Hall–Kier alpha value is -1.21. The van der Waals surface area contributed by atoms with Gasteiger partial charge in [-0.1, -0.05) is 23.2 Å². The van der Waals surface area contributed by atoms with Gasteiger partial charge in [0.15, 0.2) is 0 Å². The molecule has 0 saturated heterocycles. The van der Waals surface area contributed by atoms with Crippen LogP contribution in [-0.4, -0.2) is 0 Å². The first kappa shape index (κ1) is 12.3. The lowest BCUT2D eigenvalue weighted by Crippen LogP contribution is -1.99. The second-order valence-electron chi connectivity index (χ2n) is 3.36. The summed E-state index contributed by atoms with van der Waals surface area (Å²) < 4.78 is 0.758. The molecule has 5 heteroatoms. The van der Waals surface area contributed by atoms with Crippen LogP contribution in [0.4, 0.5) is 5.69 Å². The number of hydrogen-bond donors (Lipinski definition) is 1. The SMILES string of the molecule is N#Cc1ccc(Cl)cc1NCc1ccc(Cl)s1. The Balaban J connectivity index is 2.13. The van der Waals surface area contributed by atoms with Crippen molar-refractivity contribution < 1.29 is 0 Å². The molecule has 17 heavy (non-hydrogen) atoms. The third-order valence-electron chi connectivity index (χ3n) is 2.18. The lowest BCUT2D eigenvalue weighted by Gasteiger charge is -2.07. The third-order valence-corrected chi connectivity index (χ3v) is 3.65. The molecule has 2 nitrogen and oxygen atoms in total. The van der Waals surface area contributed by atoms with Gasteiger partial charge >= 0.3 is 0 Å². The molecular weight excluding hydrogens is 275 g/mol. The lowest BCUT2D eigenvalue weighted by atomic mass is 10.2. The number of thiophene rings is 1. The van der Waals surface area contributed by atoms with Crippen LogP contribution < -0.4 is 5.32 Å². The Labute approximate surface area is 113 Å². The fourth-order valence-corrected chi connectivity index (χ4v) is 2.59. The van der Waals surface area contributed by atoms with Gasteiger partial charge in [0.05, 0.1) is 15.6 Å². The number of hydrogen-bond acceptors (Lipinski definition) is 3. The van der Waals surface area contributed by atoms with Gasteiger partial charge in [-0.05, 0) is 30.3 Å². The number of anilines is 1. The summed E-state index contributed by atoms with van der Waals surface area (Å²) in [5.74, 6) is 0. The molecule has 1 aromatic carbocycles. The van der Waals surface area contributed by atoms with Gasteiger partial charge in [-0.2, -0.15) is 5.26 Å². The van der Waals surface area contributed by atoms with Crippen molar-refractivity contribution in [3.63, 3.8) is 0 Å². The number of halogens is 2. The van der Waals surface area contributed by atoms with E-state index in [1.165, 1.54) is 11.3 Å². The van der Waals surface area contributed by atoms with E-state index in [0.29, 0.717) is 17.1 Å². The molecule has 0 fully saturated rings. The second kappa shape index (κ2) is 5.42. The van der Waals surface area contributed by atoms with Crippen LogP contribution in [0.3, 0.4) is 0 Å². The summed E-state index contributed by atoms with van der Waals surface area (Å²) >= 11 is 13.2. The summed E-state index contributed by atoms with van der Waals surface area (Å²) in [6, 6.07) is 11.1. The Bertz CT molecular complexity index is 572. The van der Waals surface area contributed by atoms with Crippen LogP contribution in [0, 0.1) is 11.3 Å². The molecule has 1 aromatic heterocycles. The smallest absolute Gasteiger partial charge is 0.101 e. The second-order valence-corrected chi connectivity index (χ2v) is 5.60. The van der Waals surface area contributed by atoms with E-state index >= 15 is 0 Å². The quantitative estimate of drug-likeness (QED) is 0.897. The van der Waals surface area contributed by atoms with Gasteiger partial charge in [0, 0.05) is 16.4 Å². The van der Waals surface area contributed by atoms with Gasteiger partial charge in [0.1, 0.15) is 6.07 Å². The molecule has 2 rings (SSSR count). The van der Waals surface area contributed by atoms with Crippen LogP contribution in [0.15, 0.2) is 30.3 Å². The van der Waals surface area contributed by atoms with Crippen molar-refractivity contribution in [2.75, 3.05) is 5.32 Å². The average molecular weight is 283 g/mol. The highest BCUT2D eigenvalue weighted by Crippen LogP contribution is 2.24. The van der Waals surface area contributed by atoms with E-state index in [0.717, 1.165) is 14.9 Å². The molecule has 1 heterocycles. The molecule has 0 amide bonds. The van der Waals surface area contributed by atoms with Crippen LogP contribution >= 0.6 is 34.5 Å². The van der Waals surface area contributed by atoms with Crippen molar-refractivity contribution in [1.82, 2.24) is 0 Å². The van der Waals surface area contributed by atoms with Gasteiger partial charge in [0.2, 0.25) is 0 Å². The molecule has 0 saturated carbocycles. The fourth-order valence-electron chi connectivity index (χ4n) is 1.39. The molecule has 86 valence electrons. The van der Waals surface area contributed by atoms with Gasteiger partial charge in [0.25, 0.3) is 0 Å². The van der Waals surface area contributed by atoms with Gasteiger partial charge < -0.3 is 5.32 Å². The molecule has 0 atom stereocenters. The maximum Gasteiger partial charge on any atom is 0.101 e. The zero-order chi connectivity index (χ0) is 12.3. The first-order chi connectivity index (χ1) is 8.19. The Kier molecular flexibility index (Phi) is 3.90. The monoisotopic (exact) mass is 282 g/mol. The van der Waals surface area contributed by atoms with Crippen molar-refractivity contribution in [2.24, 2.45) is 0 Å². The van der Waals surface area contributed by atoms with E-state index in [4.69, 9.17) is 28.5 Å². The molecule has 0 aliphatic heterocycles. The number of benzene rings is 1. The van der Waals surface area contributed by atoms with E-state index < -0.39 is 0 Å². The summed E-state index contributed by atoms with van der Waals surface area (Å²) in [7, 11) is 0. The number of rotatable bonds is 3. The van der Waals surface area contributed by atoms with Gasteiger partial charge in [-0.25, -0.2) is 0 Å². The molecule has 1 N–H and O–H groups in total. The van der Waals surface area contributed by atoms with Crippen molar-refractivity contribution in [3.05, 3.63) is 50.1 Å². The maximum absolute atomic E-state index is 8.96. The minimum absolute atomic E-state index is 0.581. The summed E-state index contributed by atoms with van der Waals surface area (Å²) in [6.07, 6.45) is 0. The normalized spacial score (nSPS) is 9.94. The summed E-state index contributed by atoms with van der Waals surface area (Å²) in [4.78, 5) is 1.11. The number of nitrogens with one attached hydrogen (secondary N) is 1. The first-order valence-electron chi connectivity index (χ1n) is 4.87. The number of nitrogens with zero attached hydrogens (tertiary/aromatic N) is 1. The number of nitriles is 1. The molecule has 0 bridgehead atoms. The zero-order valence-electron chi connectivity index (χ0n) is 8.71. The van der Waals surface area contributed by atoms with Crippen LogP contribution in [0.5, 0.6) is 0 Å². The van der Waals surface area contributed by atoms with Crippen molar-refractivity contribution >= 4 is 40.2 Å². The standard InChI is InChI=1S/C12H8Cl2N2S/c13-9-2-1-8(6-15)11(5-9)16-7-10-3-4-12(14)17-10/h1-5,16H,7H2. The molecular formula is C12H8Cl2N2S. The van der Waals surface area contributed by atoms with Crippen LogP contribution in [0.2, 0.25) is 9.36 Å². The summed E-state index contributed by atoms with van der Waals surface area (Å²) in [5, 5.41) is 12.7. The highest BCUT2D eigenvalue weighted by Gasteiger charge is 2.03. The fraction of sp³-hybridized carbons (Fsp3) is 0.0833. The Morgan fingerprint density at radius 1 is 1.24 bits per heavy atom. The third kappa shape index (κ3) is 3.13. The predicted octanol–water partition coefficient (Wildman–Crippen LogP) is 4.54. The molecule has 0 aliphatic rings. The largest absolute Gasteiger partial charge is 0.379 e. The Morgan fingerprint density at radius 2 is 2.06 bits per heavy atom. The molecule has 0 spiro atoms. The molecule has 0 aliphatic carbocycles. The van der Waals surface area contributed by atoms with Crippen LogP contribution in [-0.2, 0) is 6.54 Å². The van der Waals surface area contributed by atoms with Crippen molar-refractivity contribution in [2.45, 2.75) is 6.54 Å². The molecule has 0 radical (unpaired) electrons. The van der Waals surface area contributed by atoms with Crippen molar-refractivity contribution in [3.8, 4) is 6.07 Å². The highest BCUT2D eigenvalue weighted by atomic mass is 35.5. The predicted molar refractivity (Wildman–Crippen MR) is 72.8 cm³/mol. The molecule has 0 unspecified atom stereocenters. The van der Waals surface area contributed by atoms with E-state index in [-0.39, 0.29) is 0 Å². The Morgan fingerprint density at radius 3 is 2.71 bits per heavy atom.